The van der Waals surface area contributed by atoms with Crippen molar-refractivity contribution >= 4 is 29.2 Å². The Balaban J connectivity index is 2.94. The molecule has 15 heavy (non-hydrogen) atoms. The van der Waals surface area contributed by atoms with Crippen molar-refractivity contribution in [3.05, 3.63) is 24.4 Å². The molecule has 80 valence electrons. The summed E-state index contributed by atoms with van der Waals surface area (Å²) in [4.78, 5) is 16.5. The zero-order valence-corrected chi connectivity index (χ0v) is 9.03. The third-order valence-electron chi connectivity index (χ3n) is 1.55. The highest BCUT2D eigenvalue weighted by Gasteiger charge is 2.20. The van der Waals surface area contributed by atoms with Gasteiger partial charge in [-0.3, -0.25) is 0 Å². The molecule has 0 aliphatic heterocycles. The van der Waals surface area contributed by atoms with Crippen LogP contribution >= 0.6 is 12.2 Å². The first-order valence-electron chi connectivity index (χ1n) is 4.34. The summed E-state index contributed by atoms with van der Waals surface area (Å²) in [7, 11) is 0. The number of nitrogens with zero attached hydrogens (tertiary/aromatic N) is 2. The lowest BCUT2D eigenvalue weighted by atomic mass is 10.4. The lowest BCUT2D eigenvalue weighted by Gasteiger charge is -2.18. The van der Waals surface area contributed by atoms with Crippen LogP contribution in [0, 0.1) is 0 Å². The Morgan fingerprint density at radius 3 is 2.87 bits per heavy atom. The average molecular weight is 225 g/mol. The molecule has 0 bridgehead atoms. The summed E-state index contributed by atoms with van der Waals surface area (Å²) in [6.07, 6.45) is 0.920. The molecule has 1 aromatic rings. The van der Waals surface area contributed by atoms with Gasteiger partial charge in [-0.25, -0.2) is 14.7 Å². The van der Waals surface area contributed by atoms with Gasteiger partial charge in [0.15, 0.2) is 5.11 Å². The van der Waals surface area contributed by atoms with E-state index >= 15 is 0 Å². The standard InChI is InChI=1S/C9H11N3O2S/c1-2-14-9(13)12(8(10)15)7-5-3-4-6-11-7/h3-6H,2H2,1H3,(H2,10,15). The maximum Gasteiger partial charge on any atom is 0.422 e. The third-order valence-corrected chi connectivity index (χ3v) is 1.73. The van der Waals surface area contributed by atoms with Crippen molar-refractivity contribution in [1.29, 1.82) is 0 Å². The second-order valence-electron chi connectivity index (χ2n) is 2.56. The highest BCUT2D eigenvalue weighted by atomic mass is 32.1. The molecule has 6 heteroatoms. The predicted octanol–water partition coefficient (Wildman–Crippen LogP) is 1.29. The van der Waals surface area contributed by atoms with Gasteiger partial charge in [0.05, 0.1) is 6.61 Å². The molecule has 1 heterocycles. The molecule has 0 aliphatic carbocycles. The van der Waals surface area contributed by atoms with Crippen LogP contribution in [-0.4, -0.2) is 22.8 Å². The maximum absolute atomic E-state index is 11.5. The minimum Gasteiger partial charge on any atom is -0.449 e. The maximum atomic E-state index is 11.5. The van der Waals surface area contributed by atoms with Gasteiger partial charge in [0.25, 0.3) is 0 Å². The minimum atomic E-state index is -0.622. The molecule has 0 saturated heterocycles. The summed E-state index contributed by atoms with van der Waals surface area (Å²) >= 11 is 4.75. The molecule has 0 saturated carbocycles. The van der Waals surface area contributed by atoms with Gasteiger partial charge in [-0.2, -0.15) is 0 Å². The monoisotopic (exact) mass is 225 g/mol. The number of thiocarbonyl (C=S) groups is 1. The SMILES string of the molecule is CCOC(=O)N(C(N)=S)c1ccccn1. The lowest BCUT2D eigenvalue weighted by molar-refractivity contribution is 0.163. The number of aromatic nitrogens is 1. The van der Waals surface area contributed by atoms with Crippen molar-refractivity contribution in [2.45, 2.75) is 6.92 Å². The molecule has 0 radical (unpaired) electrons. The van der Waals surface area contributed by atoms with Crippen LogP contribution in [-0.2, 0) is 4.74 Å². The topological polar surface area (TPSA) is 68.5 Å². The lowest BCUT2D eigenvalue weighted by Crippen LogP contribution is -2.41. The first kappa shape index (κ1) is 11.4. The number of hydrogen-bond donors (Lipinski definition) is 1. The molecule has 1 aromatic heterocycles. The number of pyridine rings is 1. The molecule has 0 atom stereocenters. The van der Waals surface area contributed by atoms with Gasteiger partial charge in [0.2, 0.25) is 0 Å². The Hall–Kier alpha value is -1.69. The Morgan fingerprint density at radius 1 is 1.67 bits per heavy atom. The van der Waals surface area contributed by atoms with E-state index in [0.29, 0.717) is 5.82 Å². The van der Waals surface area contributed by atoms with Crippen molar-refractivity contribution in [3.63, 3.8) is 0 Å². The summed E-state index contributed by atoms with van der Waals surface area (Å²) in [5.41, 5.74) is 5.42. The van der Waals surface area contributed by atoms with Gasteiger partial charge in [0.1, 0.15) is 5.82 Å². The van der Waals surface area contributed by atoms with Gasteiger partial charge < -0.3 is 10.5 Å². The van der Waals surface area contributed by atoms with Crippen LogP contribution in [0.25, 0.3) is 0 Å². The van der Waals surface area contributed by atoms with E-state index in [1.807, 2.05) is 0 Å². The zero-order chi connectivity index (χ0) is 11.3. The largest absolute Gasteiger partial charge is 0.449 e. The molecule has 0 aromatic carbocycles. The smallest absolute Gasteiger partial charge is 0.422 e. The molecule has 5 nitrogen and oxygen atoms in total. The van der Waals surface area contributed by atoms with Crippen molar-refractivity contribution in [2.75, 3.05) is 11.5 Å². The first-order valence-corrected chi connectivity index (χ1v) is 4.75. The Kier molecular flexibility index (Phi) is 3.99. The number of hydrogen-bond acceptors (Lipinski definition) is 4. The van der Waals surface area contributed by atoms with Gasteiger partial charge >= 0.3 is 6.09 Å². The molecule has 0 spiro atoms. The molecule has 0 unspecified atom stereocenters. The van der Waals surface area contributed by atoms with Gasteiger partial charge in [-0.1, -0.05) is 6.07 Å². The summed E-state index contributed by atoms with van der Waals surface area (Å²) in [6.45, 7) is 1.96. The molecule has 1 amide bonds. The Bertz CT molecular complexity index is 356. The fourth-order valence-electron chi connectivity index (χ4n) is 0.970. The van der Waals surface area contributed by atoms with E-state index in [-0.39, 0.29) is 11.7 Å². The summed E-state index contributed by atoms with van der Waals surface area (Å²) < 4.78 is 4.80. The number of ether oxygens (including phenoxy) is 1. The normalized spacial score (nSPS) is 9.40. The molecular formula is C9H11N3O2S. The van der Waals surface area contributed by atoms with Crippen LogP contribution in [0.4, 0.5) is 10.6 Å². The number of carbonyl (C=O) groups is 1. The van der Waals surface area contributed by atoms with Crippen molar-refractivity contribution < 1.29 is 9.53 Å². The predicted molar refractivity (Wildman–Crippen MR) is 60.5 cm³/mol. The highest BCUT2D eigenvalue weighted by Crippen LogP contribution is 2.10. The molecule has 2 N–H and O–H groups in total. The summed E-state index contributed by atoms with van der Waals surface area (Å²) in [6, 6.07) is 5.08. The van der Waals surface area contributed by atoms with Gasteiger partial charge in [0, 0.05) is 6.20 Å². The second-order valence-corrected chi connectivity index (χ2v) is 2.98. The van der Waals surface area contributed by atoms with Crippen molar-refractivity contribution in [2.24, 2.45) is 5.73 Å². The van der Waals surface area contributed by atoms with E-state index in [0.717, 1.165) is 4.90 Å². The fourth-order valence-corrected chi connectivity index (χ4v) is 1.14. The number of carbonyl (C=O) groups excluding carboxylic acids is 1. The van der Waals surface area contributed by atoms with Crippen LogP contribution in [0.5, 0.6) is 0 Å². The highest BCUT2D eigenvalue weighted by molar-refractivity contribution is 7.80. The van der Waals surface area contributed by atoms with E-state index < -0.39 is 6.09 Å². The van der Waals surface area contributed by atoms with Crippen LogP contribution in [0.1, 0.15) is 6.92 Å². The van der Waals surface area contributed by atoms with Crippen molar-refractivity contribution in [3.8, 4) is 0 Å². The van der Waals surface area contributed by atoms with E-state index in [9.17, 15) is 4.79 Å². The zero-order valence-electron chi connectivity index (χ0n) is 8.21. The molecule has 0 fully saturated rings. The van der Waals surface area contributed by atoms with Gasteiger partial charge in [-0.15, -0.1) is 0 Å². The van der Waals surface area contributed by atoms with Crippen LogP contribution < -0.4 is 10.6 Å². The molecular weight excluding hydrogens is 214 g/mol. The Morgan fingerprint density at radius 2 is 2.40 bits per heavy atom. The van der Waals surface area contributed by atoms with Crippen molar-refractivity contribution in [1.82, 2.24) is 4.98 Å². The van der Waals surface area contributed by atoms with E-state index in [1.54, 1.807) is 31.3 Å². The molecule has 1 rings (SSSR count). The van der Waals surface area contributed by atoms with Crippen LogP contribution in [0.15, 0.2) is 24.4 Å². The number of rotatable bonds is 2. The van der Waals surface area contributed by atoms with E-state index in [1.165, 1.54) is 0 Å². The van der Waals surface area contributed by atoms with Crippen LogP contribution in [0.3, 0.4) is 0 Å². The first-order chi connectivity index (χ1) is 7.16. The Labute approximate surface area is 92.8 Å². The number of amides is 1. The fraction of sp³-hybridized carbons (Fsp3) is 0.222. The summed E-state index contributed by atoms with van der Waals surface area (Å²) in [5.74, 6) is 0.350. The second kappa shape index (κ2) is 5.26. The van der Waals surface area contributed by atoms with E-state index in [4.69, 9.17) is 22.7 Å². The quantitative estimate of drug-likeness (QED) is 0.768. The minimum absolute atomic E-state index is 0.0906. The number of anilines is 1. The number of nitrogens with two attached hydrogens (primary N) is 1. The van der Waals surface area contributed by atoms with Crippen LogP contribution in [0.2, 0.25) is 0 Å². The van der Waals surface area contributed by atoms with Gasteiger partial charge in [-0.05, 0) is 31.3 Å². The average Bonchev–Trinajstić information content (AvgIpc) is 2.19. The van der Waals surface area contributed by atoms with E-state index in [2.05, 4.69) is 4.98 Å². The molecule has 0 aliphatic rings. The summed E-state index contributed by atoms with van der Waals surface area (Å²) in [5, 5.41) is -0.0906. The third kappa shape index (κ3) is 2.88.